The number of rotatable bonds is 4. The summed E-state index contributed by atoms with van der Waals surface area (Å²) in [6, 6.07) is 4.20. The molecule has 3 aliphatic rings. The molecule has 3 atom stereocenters. The minimum Gasteiger partial charge on any atom is -0.347 e. The molecule has 0 spiro atoms. The SMILES string of the molecule is CC1Cc2cc(C(=O)NC3CS(=O)(=O)CC3N3CCCCC3)ccc2N1S(C)(=O)=O. The molecule has 1 N–H and O–H groups in total. The van der Waals surface area contributed by atoms with E-state index in [0.29, 0.717) is 17.7 Å². The topological polar surface area (TPSA) is 104 Å². The Kier molecular flexibility index (Phi) is 5.61. The number of amides is 1. The summed E-state index contributed by atoms with van der Waals surface area (Å²) in [6.07, 6.45) is 4.98. The molecule has 0 saturated carbocycles. The van der Waals surface area contributed by atoms with Crippen LogP contribution in [-0.4, -0.2) is 76.6 Å². The van der Waals surface area contributed by atoms with Gasteiger partial charge in [-0.15, -0.1) is 0 Å². The maximum atomic E-state index is 12.9. The van der Waals surface area contributed by atoms with Crippen molar-refractivity contribution < 1.29 is 21.6 Å². The molecular formula is C20H29N3O5S2. The first-order chi connectivity index (χ1) is 14.0. The summed E-state index contributed by atoms with van der Waals surface area (Å²) in [6.45, 7) is 3.57. The third-order valence-corrected chi connectivity index (χ3v) is 9.34. The first-order valence-corrected chi connectivity index (χ1v) is 14.1. The first-order valence-electron chi connectivity index (χ1n) is 10.4. The second-order valence-electron chi connectivity index (χ2n) is 8.78. The van der Waals surface area contributed by atoms with Gasteiger partial charge in [-0.05, 0) is 63.0 Å². The van der Waals surface area contributed by atoms with Crippen molar-refractivity contribution in [2.75, 3.05) is 35.2 Å². The fourth-order valence-electron chi connectivity index (χ4n) is 5.08. The number of sulfone groups is 1. The van der Waals surface area contributed by atoms with Crippen LogP contribution in [0.2, 0.25) is 0 Å². The summed E-state index contributed by atoms with van der Waals surface area (Å²) >= 11 is 0. The molecule has 166 valence electrons. The van der Waals surface area contributed by atoms with Gasteiger partial charge in [0.15, 0.2) is 9.84 Å². The number of nitrogens with one attached hydrogen (secondary N) is 1. The Morgan fingerprint density at radius 2 is 1.83 bits per heavy atom. The third kappa shape index (κ3) is 4.22. The number of likely N-dealkylation sites (tertiary alicyclic amines) is 1. The fourth-order valence-corrected chi connectivity index (χ4v) is 8.29. The summed E-state index contributed by atoms with van der Waals surface area (Å²) in [4.78, 5) is 15.1. The first kappa shape index (κ1) is 21.6. The number of anilines is 1. The number of fused-ring (bicyclic) bond motifs is 1. The zero-order chi connectivity index (χ0) is 21.7. The molecule has 2 fully saturated rings. The maximum absolute atomic E-state index is 12.9. The second kappa shape index (κ2) is 7.80. The van der Waals surface area contributed by atoms with Crippen LogP contribution in [0.25, 0.3) is 0 Å². The van der Waals surface area contributed by atoms with Crippen LogP contribution in [0.3, 0.4) is 0 Å². The Morgan fingerprint density at radius 1 is 1.13 bits per heavy atom. The van der Waals surface area contributed by atoms with Gasteiger partial charge in [0.2, 0.25) is 10.0 Å². The molecule has 1 amide bonds. The molecule has 1 aromatic carbocycles. The van der Waals surface area contributed by atoms with E-state index in [9.17, 15) is 21.6 Å². The molecule has 0 aromatic heterocycles. The molecule has 0 radical (unpaired) electrons. The van der Waals surface area contributed by atoms with Crippen molar-refractivity contribution in [2.24, 2.45) is 0 Å². The molecule has 30 heavy (non-hydrogen) atoms. The maximum Gasteiger partial charge on any atom is 0.251 e. The third-order valence-electron chi connectivity index (χ3n) is 6.35. The number of sulfonamides is 1. The van der Waals surface area contributed by atoms with Gasteiger partial charge in [0, 0.05) is 17.6 Å². The molecule has 8 nitrogen and oxygen atoms in total. The number of hydrogen-bond donors (Lipinski definition) is 1. The Hall–Kier alpha value is -1.65. The van der Waals surface area contributed by atoms with E-state index in [4.69, 9.17) is 0 Å². The van der Waals surface area contributed by atoms with Gasteiger partial charge in [-0.1, -0.05) is 6.42 Å². The molecule has 2 saturated heterocycles. The van der Waals surface area contributed by atoms with Crippen molar-refractivity contribution in [2.45, 2.75) is 50.7 Å². The smallest absolute Gasteiger partial charge is 0.251 e. The van der Waals surface area contributed by atoms with E-state index in [1.807, 2.05) is 6.92 Å². The van der Waals surface area contributed by atoms with E-state index in [1.165, 1.54) is 10.6 Å². The summed E-state index contributed by atoms with van der Waals surface area (Å²) in [7, 11) is -6.58. The number of benzene rings is 1. The highest BCUT2D eigenvalue weighted by atomic mass is 32.2. The second-order valence-corrected chi connectivity index (χ2v) is 12.8. The van der Waals surface area contributed by atoms with Crippen molar-refractivity contribution in [1.82, 2.24) is 10.2 Å². The standard InChI is InChI=1S/C20H29N3O5S2/c1-14-10-16-11-15(6-7-18(16)23(14)29(2,25)26)20(24)21-17-12-30(27,28)13-19(17)22-8-4-3-5-9-22/h6-7,11,14,17,19H,3-5,8-10,12-13H2,1-2H3,(H,21,24). The highest BCUT2D eigenvalue weighted by Crippen LogP contribution is 2.34. The molecular weight excluding hydrogens is 426 g/mol. The normalized spacial score (nSPS) is 29.0. The predicted molar refractivity (Wildman–Crippen MR) is 116 cm³/mol. The lowest BCUT2D eigenvalue weighted by Gasteiger charge is -2.35. The van der Waals surface area contributed by atoms with Gasteiger partial charge in [0.25, 0.3) is 5.91 Å². The van der Waals surface area contributed by atoms with Crippen LogP contribution in [-0.2, 0) is 26.3 Å². The van der Waals surface area contributed by atoms with Gasteiger partial charge in [-0.2, -0.15) is 0 Å². The average molecular weight is 456 g/mol. The van der Waals surface area contributed by atoms with Crippen molar-refractivity contribution >= 4 is 31.5 Å². The number of carbonyl (C=O) groups is 1. The van der Waals surface area contributed by atoms with E-state index in [0.717, 1.165) is 37.9 Å². The molecule has 1 aromatic rings. The van der Waals surface area contributed by atoms with Crippen LogP contribution in [0.15, 0.2) is 18.2 Å². The summed E-state index contributed by atoms with van der Waals surface area (Å²) in [5.41, 5.74) is 1.85. The lowest BCUT2D eigenvalue weighted by Crippen LogP contribution is -2.52. The number of nitrogens with zero attached hydrogens (tertiary/aromatic N) is 2. The van der Waals surface area contributed by atoms with Crippen LogP contribution in [0, 0.1) is 0 Å². The van der Waals surface area contributed by atoms with Crippen molar-refractivity contribution in [1.29, 1.82) is 0 Å². The molecule has 4 rings (SSSR count). The van der Waals surface area contributed by atoms with Crippen LogP contribution in [0.1, 0.15) is 42.1 Å². The Morgan fingerprint density at radius 3 is 2.50 bits per heavy atom. The van der Waals surface area contributed by atoms with E-state index in [1.54, 1.807) is 18.2 Å². The lowest BCUT2D eigenvalue weighted by molar-refractivity contribution is 0.0900. The van der Waals surface area contributed by atoms with Crippen molar-refractivity contribution in [3.8, 4) is 0 Å². The summed E-state index contributed by atoms with van der Waals surface area (Å²) in [5, 5.41) is 2.95. The minimum atomic E-state index is -3.39. The van der Waals surface area contributed by atoms with Gasteiger partial charge in [0.05, 0.1) is 29.5 Å². The van der Waals surface area contributed by atoms with Crippen LogP contribution in [0.4, 0.5) is 5.69 Å². The largest absolute Gasteiger partial charge is 0.347 e. The van der Waals surface area contributed by atoms with Crippen LogP contribution >= 0.6 is 0 Å². The Bertz CT molecular complexity index is 1050. The van der Waals surface area contributed by atoms with Crippen molar-refractivity contribution in [3.05, 3.63) is 29.3 Å². The molecule has 3 unspecified atom stereocenters. The van der Waals surface area contributed by atoms with Crippen LogP contribution < -0.4 is 9.62 Å². The summed E-state index contributed by atoms with van der Waals surface area (Å²) in [5.74, 6) is -0.264. The number of piperidine rings is 1. The molecule has 3 aliphatic heterocycles. The van der Waals surface area contributed by atoms with Gasteiger partial charge >= 0.3 is 0 Å². The van der Waals surface area contributed by atoms with Gasteiger partial charge < -0.3 is 5.32 Å². The van der Waals surface area contributed by atoms with Gasteiger partial charge in [-0.3, -0.25) is 14.0 Å². The Labute approximate surface area is 178 Å². The van der Waals surface area contributed by atoms with Gasteiger partial charge in [-0.25, -0.2) is 16.8 Å². The number of carbonyl (C=O) groups excluding carboxylic acids is 1. The zero-order valence-electron chi connectivity index (χ0n) is 17.4. The van der Waals surface area contributed by atoms with E-state index in [-0.39, 0.29) is 29.5 Å². The van der Waals surface area contributed by atoms with E-state index in [2.05, 4.69) is 10.2 Å². The van der Waals surface area contributed by atoms with E-state index < -0.39 is 25.9 Å². The molecule has 3 heterocycles. The molecule has 0 aliphatic carbocycles. The lowest BCUT2D eigenvalue weighted by atomic mass is 10.0. The quantitative estimate of drug-likeness (QED) is 0.720. The molecule has 0 bridgehead atoms. The van der Waals surface area contributed by atoms with Gasteiger partial charge in [0.1, 0.15) is 0 Å². The Balaban J connectivity index is 1.53. The van der Waals surface area contributed by atoms with Crippen LogP contribution in [0.5, 0.6) is 0 Å². The predicted octanol–water partition coefficient (Wildman–Crippen LogP) is 0.779. The zero-order valence-corrected chi connectivity index (χ0v) is 19.0. The fraction of sp³-hybridized carbons (Fsp3) is 0.650. The number of hydrogen-bond acceptors (Lipinski definition) is 6. The van der Waals surface area contributed by atoms with E-state index >= 15 is 0 Å². The minimum absolute atomic E-state index is 0.0380. The highest BCUT2D eigenvalue weighted by Gasteiger charge is 2.42. The monoisotopic (exact) mass is 455 g/mol. The summed E-state index contributed by atoms with van der Waals surface area (Å²) < 4.78 is 50.1. The average Bonchev–Trinajstić information content (AvgIpc) is 3.16. The molecule has 10 heteroatoms. The van der Waals surface area contributed by atoms with Crippen molar-refractivity contribution in [3.63, 3.8) is 0 Å². The highest BCUT2D eigenvalue weighted by molar-refractivity contribution is 7.92.